The Bertz CT molecular complexity index is 1020. The summed E-state index contributed by atoms with van der Waals surface area (Å²) in [6.45, 7) is 0.395. The Kier molecular flexibility index (Phi) is 5.29. The second-order valence-corrected chi connectivity index (χ2v) is 6.64. The fourth-order valence-corrected chi connectivity index (χ4v) is 3.40. The quantitative estimate of drug-likeness (QED) is 0.696. The molecule has 0 spiro atoms. The molecule has 1 N–H and O–H groups in total. The summed E-state index contributed by atoms with van der Waals surface area (Å²) >= 11 is 0. The van der Waals surface area contributed by atoms with Crippen molar-refractivity contribution < 1.29 is 19.0 Å². The van der Waals surface area contributed by atoms with Gasteiger partial charge in [-0.15, -0.1) is 0 Å². The SMILES string of the molecule is COc1ccc(C(=O)NC[C@H]2Cc3cccc(-c4cncnc4)c3O2)cc1OC. The van der Waals surface area contributed by atoms with Crippen LogP contribution in [0.3, 0.4) is 0 Å². The van der Waals surface area contributed by atoms with Crippen molar-refractivity contribution in [2.45, 2.75) is 12.5 Å². The van der Waals surface area contributed by atoms with Gasteiger partial charge in [0.05, 0.1) is 20.8 Å². The molecule has 0 radical (unpaired) electrons. The van der Waals surface area contributed by atoms with Crippen molar-refractivity contribution in [1.82, 2.24) is 15.3 Å². The van der Waals surface area contributed by atoms with Gasteiger partial charge in [0.15, 0.2) is 11.5 Å². The number of nitrogens with one attached hydrogen (secondary N) is 1. The first-order chi connectivity index (χ1) is 14.2. The fourth-order valence-electron chi connectivity index (χ4n) is 3.40. The lowest BCUT2D eigenvalue weighted by Crippen LogP contribution is -2.34. The number of carbonyl (C=O) groups is 1. The molecular formula is C22H21N3O4. The zero-order valence-corrected chi connectivity index (χ0v) is 16.2. The normalized spacial score (nSPS) is 14.6. The Labute approximate surface area is 168 Å². The zero-order chi connectivity index (χ0) is 20.2. The molecule has 1 aliphatic heterocycles. The van der Waals surface area contributed by atoms with E-state index in [-0.39, 0.29) is 12.0 Å². The zero-order valence-electron chi connectivity index (χ0n) is 16.2. The van der Waals surface area contributed by atoms with Crippen LogP contribution in [0, 0.1) is 0 Å². The van der Waals surface area contributed by atoms with Gasteiger partial charge in [0.1, 0.15) is 18.2 Å². The molecule has 4 rings (SSSR count). The predicted octanol–water partition coefficient (Wildman–Crippen LogP) is 2.89. The number of methoxy groups -OCH3 is 2. The molecule has 0 fully saturated rings. The summed E-state index contributed by atoms with van der Waals surface area (Å²) in [5.41, 5.74) is 3.47. The summed E-state index contributed by atoms with van der Waals surface area (Å²) in [6.07, 6.45) is 5.61. The highest BCUT2D eigenvalue weighted by atomic mass is 16.5. The third kappa shape index (κ3) is 3.85. The van der Waals surface area contributed by atoms with Crippen molar-refractivity contribution in [2.24, 2.45) is 0 Å². The molecule has 7 nitrogen and oxygen atoms in total. The smallest absolute Gasteiger partial charge is 0.251 e. The highest BCUT2D eigenvalue weighted by Gasteiger charge is 2.26. The number of hydrogen-bond donors (Lipinski definition) is 1. The number of rotatable bonds is 6. The van der Waals surface area contributed by atoms with Gasteiger partial charge in [-0.05, 0) is 23.8 Å². The Morgan fingerprint density at radius 3 is 2.69 bits per heavy atom. The number of benzene rings is 2. The molecule has 0 bridgehead atoms. The minimum Gasteiger partial charge on any atom is -0.493 e. The molecule has 1 aliphatic rings. The van der Waals surface area contributed by atoms with E-state index in [1.807, 2.05) is 18.2 Å². The molecule has 1 atom stereocenters. The number of aromatic nitrogens is 2. The number of fused-ring (bicyclic) bond motifs is 1. The first-order valence-electron chi connectivity index (χ1n) is 9.23. The summed E-state index contributed by atoms with van der Waals surface area (Å²) < 4.78 is 16.6. The van der Waals surface area contributed by atoms with Gasteiger partial charge in [0, 0.05) is 35.5 Å². The number of nitrogens with zero attached hydrogens (tertiary/aromatic N) is 2. The molecule has 2 heterocycles. The molecule has 0 saturated heterocycles. The van der Waals surface area contributed by atoms with Crippen molar-refractivity contribution in [2.75, 3.05) is 20.8 Å². The Morgan fingerprint density at radius 2 is 1.93 bits per heavy atom. The van der Waals surface area contributed by atoms with E-state index in [1.165, 1.54) is 6.33 Å². The summed E-state index contributed by atoms with van der Waals surface area (Å²) in [6, 6.07) is 11.1. The largest absolute Gasteiger partial charge is 0.493 e. The van der Waals surface area contributed by atoms with Crippen LogP contribution in [0.1, 0.15) is 15.9 Å². The van der Waals surface area contributed by atoms with Gasteiger partial charge in [-0.2, -0.15) is 0 Å². The minimum atomic E-state index is -0.192. The van der Waals surface area contributed by atoms with Crippen molar-refractivity contribution in [3.63, 3.8) is 0 Å². The standard InChI is InChI=1S/C22H21N3O4/c1-27-19-7-6-15(9-20(19)28-2)22(26)25-12-17-8-14-4-3-5-18(21(14)29-17)16-10-23-13-24-11-16/h3-7,9-11,13,17H,8,12H2,1-2H3,(H,25,26)/t17-/m1/s1. The van der Waals surface area contributed by atoms with E-state index in [9.17, 15) is 4.79 Å². The molecule has 0 unspecified atom stereocenters. The molecule has 1 amide bonds. The van der Waals surface area contributed by atoms with Crippen LogP contribution in [0.2, 0.25) is 0 Å². The Hall–Kier alpha value is -3.61. The number of hydrogen-bond acceptors (Lipinski definition) is 6. The lowest BCUT2D eigenvalue weighted by molar-refractivity contribution is 0.0933. The predicted molar refractivity (Wildman–Crippen MR) is 107 cm³/mol. The minimum absolute atomic E-state index is 0.139. The average molecular weight is 391 g/mol. The molecule has 0 saturated carbocycles. The highest BCUT2D eigenvalue weighted by molar-refractivity contribution is 5.94. The third-order valence-electron chi connectivity index (χ3n) is 4.84. The third-order valence-corrected chi connectivity index (χ3v) is 4.84. The molecule has 7 heteroatoms. The van der Waals surface area contributed by atoms with Gasteiger partial charge in [-0.1, -0.05) is 18.2 Å². The van der Waals surface area contributed by atoms with E-state index in [2.05, 4.69) is 15.3 Å². The first-order valence-corrected chi connectivity index (χ1v) is 9.23. The second-order valence-electron chi connectivity index (χ2n) is 6.64. The number of para-hydroxylation sites is 1. The number of amides is 1. The lowest BCUT2D eigenvalue weighted by Gasteiger charge is -2.14. The van der Waals surface area contributed by atoms with E-state index in [0.29, 0.717) is 23.6 Å². The Balaban J connectivity index is 1.43. The summed E-state index contributed by atoms with van der Waals surface area (Å²) in [5.74, 6) is 1.73. The maximum atomic E-state index is 12.6. The molecule has 29 heavy (non-hydrogen) atoms. The molecule has 1 aromatic heterocycles. The molecular weight excluding hydrogens is 370 g/mol. The molecule has 3 aromatic rings. The van der Waals surface area contributed by atoms with Crippen molar-refractivity contribution >= 4 is 5.91 Å². The lowest BCUT2D eigenvalue weighted by atomic mass is 10.0. The van der Waals surface area contributed by atoms with Gasteiger partial charge in [0.2, 0.25) is 0 Å². The fraction of sp³-hybridized carbons (Fsp3) is 0.227. The molecule has 148 valence electrons. The van der Waals surface area contributed by atoms with Crippen LogP contribution in [0.5, 0.6) is 17.2 Å². The summed E-state index contributed by atoms with van der Waals surface area (Å²) in [5, 5.41) is 2.94. The van der Waals surface area contributed by atoms with Crippen LogP contribution in [0.4, 0.5) is 0 Å². The van der Waals surface area contributed by atoms with E-state index >= 15 is 0 Å². The van der Waals surface area contributed by atoms with E-state index in [4.69, 9.17) is 14.2 Å². The van der Waals surface area contributed by atoms with Gasteiger partial charge < -0.3 is 19.5 Å². The summed E-state index contributed by atoms with van der Waals surface area (Å²) in [4.78, 5) is 20.7. The maximum Gasteiger partial charge on any atom is 0.251 e. The van der Waals surface area contributed by atoms with Crippen LogP contribution in [-0.4, -0.2) is 42.7 Å². The van der Waals surface area contributed by atoms with Crippen molar-refractivity contribution in [3.05, 3.63) is 66.2 Å². The first kappa shape index (κ1) is 18.7. The highest BCUT2D eigenvalue weighted by Crippen LogP contribution is 2.38. The van der Waals surface area contributed by atoms with Gasteiger partial charge >= 0.3 is 0 Å². The number of ether oxygens (including phenoxy) is 3. The monoisotopic (exact) mass is 391 g/mol. The van der Waals surface area contributed by atoms with E-state index in [1.54, 1.807) is 44.8 Å². The van der Waals surface area contributed by atoms with E-state index in [0.717, 1.165) is 28.9 Å². The van der Waals surface area contributed by atoms with Crippen LogP contribution in [-0.2, 0) is 6.42 Å². The van der Waals surface area contributed by atoms with Gasteiger partial charge in [-0.3, -0.25) is 4.79 Å². The van der Waals surface area contributed by atoms with E-state index < -0.39 is 0 Å². The molecule has 2 aromatic carbocycles. The van der Waals surface area contributed by atoms with Crippen LogP contribution in [0.25, 0.3) is 11.1 Å². The summed E-state index contributed by atoms with van der Waals surface area (Å²) in [7, 11) is 3.10. The topological polar surface area (TPSA) is 82.6 Å². The Morgan fingerprint density at radius 1 is 1.14 bits per heavy atom. The maximum absolute atomic E-state index is 12.6. The van der Waals surface area contributed by atoms with Gasteiger partial charge in [0.25, 0.3) is 5.91 Å². The van der Waals surface area contributed by atoms with Crippen LogP contribution in [0.15, 0.2) is 55.1 Å². The second kappa shape index (κ2) is 8.18. The van der Waals surface area contributed by atoms with Gasteiger partial charge in [-0.25, -0.2) is 9.97 Å². The van der Waals surface area contributed by atoms with Crippen molar-refractivity contribution in [1.29, 1.82) is 0 Å². The van der Waals surface area contributed by atoms with Crippen LogP contribution >= 0.6 is 0 Å². The average Bonchev–Trinajstić information content (AvgIpc) is 3.20. The van der Waals surface area contributed by atoms with Crippen LogP contribution < -0.4 is 19.5 Å². The number of carbonyl (C=O) groups excluding carboxylic acids is 1. The molecule has 0 aliphatic carbocycles. The van der Waals surface area contributed by atoms with Crippen molar-refractivity contribution in [3.8, 4) is 28.4 Å².